The summed E-state index contributed by atoms with van der Waals surface area (Å²) in [6.45, 7) is 0. The number of ketones is 1. The molecule has 2 aromatic heterocycles. The number of hydrogen-bond acceptors (Lipinski definition) is 4. The topological polar surface area (TPSA) is 80.2 Å². The van der Waals surface area contributed by atoms with Crippen LogP contribution in [0.2, 0.25) is 10.3 Å². The number of aromatic carboxylic acids is 1. The van der Waals surface area contributed by atoms with E-state index in [0.717, 1.165) is 0 Å². The summed E-state index contributed by atoms with van der Waals surface area (Å²) in [6, 6.07) is 7.13. The first-order valence-corrected chi connectivity index (χ1v) is 5.81. The molecule has 7 heteroatoms. The Hall–Kier alpha value is -1.98. The third-order valence-electron chi connectivity index (χ3n) is 2.26. The molecule has 5 nitrogen and oxygen atoms in total. The van der Waals surface area contributed by atoms with E-state index in [1.54, 1.807) is 6.07 Å². The third kappa shape index (κ3) is 2.89. The van der Waals surface area contributed by atoms with Gasteiger partial charge in [-0.15, -0.1) is 0 Å². The summed E-state index contributed by atoms with van der Waals surface area (Å²) >= 11 is 11.3. The smallest absolute Gasteiger partial charge is 0.355 e. The van der Waals surface area contributed by atoms with Crippen LogP contribution in [0.25, 0.3) is 0 Å². The van der Waals surface area contributed by atoms with Crippen molar-refractivity contribution >= 4 is 35.0 Å². The van der Waals surface area contributed by atoms with Gasteiger partial charge in [0.25, 0.3) is 0 Å². The monoisotopic (exact) mass is 296 g/mol. The van der Waals surface area contributed by atoms with Crippen LogP contribution in [-0.4, -0.2) is 26.8 Å². The summed E-state index contributed by atoms with van der Waals surface area (Å²) in [5, 5.41) is 9.16. The molecule has 0 radical (unpaired) electrons. The molecular weight excluding hydrogens is 291 g/mol. The maximum absolute atomic E-state index is 12.2. The number of carboxylic acid groups (broad SMARTS) is 1. The predicted octanol–water partition coefficient (Wildman–Crippen LogP) is 2.71. The standard InChI is InChI=1S/C12H6Cl2N2O3/c13-8-3-1-2-7(15-8)11(17)6-4-5-9(14)16-10(6)12(18)19/h1-5H,(H,18,19). The summed E-state index contributed by atoms with van der Waals surface area (Å²) in [5.41, 5.74) is -0.468. The highest BCUT2D eigenvalue weighted by Gasteiger charge is 2.21. The van der Waals surface area contributed by atoms with Crippen molar-refractivity contribution in [1.82, 2.24) is 9.97 Å². The van der Waals surface area contributed by atoms with Crippen LogP contribution in [0.5, 0.6) is 0 Å². The minimum atomic E-state index is -1.34. The normalized spacial score (nSPS) is 10.2. The second kappa shape index (κ2) is 5.34. The molecule has 0 aliphatic carbocycles. The van der Waals surface area contributed by atoms with Crippen LogP contribution in [0.15, 0.2) is 30.3 Å². The second-order valence-corrected chi connectivity index (χ2v) is 4.28. The summed E-state index contributed by atoms with van der Waals surface area (Å²) in [5.74, 6) is -1.92. The lowest BCUT2D eigenvalue weighted by molar-refractivity contribution is 0.0686. The summed E-state index contributed by atoms with van der Waals surface area (Å²) in [7, 11) is 0. The number of aromatic nitrogens is 2. The van der Waals surface area contributed by atoms with Crippen LogP contribution < -0.4 is 0 Å². The van der Waals surface area contributed by atoms with Gasteiger partial charge in [-0.1, -0.05) is 29.3 Å². The fourth-order valence-electron chi connectivity index (χ4n) is 1.45. The fraction of sp³-hybridized carbons (Fsp3) is 0. The van der Waals surface area contributed by atoms with Gasteiger partial charge in [0.05, 0.1) is 5.56 Å². The molecule has 2 heterocycles. The number of halogens is 2. The van der Waals surface area contributed by atoms with Crippen LogP contribution in [-0.2, 0) is 0 Å². The van der Waals surface area contributed by atoms with Gasteiger partial charge in [-0.25, -0.2) is 14.8 Å². The average molecular weight is 297 g/mol. The molecule has 2 aromatic rings. The first kappa shape index (κ1) is 13.5. The predicted molar refractivity (Wildman–Crippen MR) is 68.9 cm³/mol. The second-order valence-electron chi connectivity index (χ2n) is 3.51. The zero-order chi connectivity index (χ0) is 14.0. The quantitative estimate of drug-likeness (QED) is 0.696. The highest BCUT2D eigenvalue weighted by molar-refractivity contribution is 6.30. The van der Waals surface area contributed by atoms with Gasteiger partial charge in [0.1, 0.15) is 16.0 Å². The Morgan fingerprint density at radius 3 is 2.32 bits per heavy atom. The minimum Gasteiger partial charge on any atom is -0.476 e. The lowest BCUT2D eigenvalue weighted by atomic mass is 10.1. The van der Waals surface area contributed by atoms with Crippen molar-refractivity contribution in [3.8, 4) is 0 Å². The van der Waals surface area contributed by atoms with Crippen LogP contribution >= 0.6 is 23.2 Å². The van der Waals surface area contributed by atoms with Crippen LogP contribution in [0, 0.1) is 0 Å². The number of rotatable bonds is 3. The molecule has 0 spiro atoms. The van der Waals surface area contributed by atoms with Gasteiger partial charge in [-0.3, -0.25) is 4.79 Å². The Labute approximate surface area is 117 Å². The van der Waals surface area contributed by atoms with Crippen LogP contribution in [0.3, 0.4) is 0 Å². The molecule has 0 fully saturated rings. The van der Waals surface area contributed by atoms with Gasteiger partial charge in [-0.2, -0.15) is 0 Å². The molecule has 0 saturated heterocycles. The van der Waals surface area contributed by atoms with Gasteiger partial charge < -0.3 is 5.11 Å². The molecule has 0 bridgehead atoms. The highest BCUT2D eigenvalue weighted by atomic mass is 35.5. The molecule has 0 unspecified atom stereocenters. The molecule has 0 amide bonds. The zero-order valence-electron chi connectivity index (χ0n) is 9.30. The molecule has 0 aliphatic rings. The summed E-state index contributed by atoms with van der Waals surface area (Å²) < 4.78 is 0. The van der Waals surface area contributed by atoms with Crippen LogP contribution in [0.4, 0.5) is 0 Å². The number of carboxylic acids is 1. The Bertz CT molecular complexity index is 674. The lowest BCUT2D eigenvalue weighted by Crippen LogP contribution is -2.13. The van der Waals surface area contributed by atoms with E-state index in [1.807, 2.05) is 0 Å². The summed E-state index contributed by atoms with van der Waals surface area (Å²) in [4.78, 5) is 30.7. The molecule has 0 aromatic carbocycles. The van der Waals surface area contributed by atoms with E-state index in [4.69, 9.17) is 28.3 Å². The van der Waals surface area contributed by atoms with E-state index in [-0.39, 0.29) is 21.6 Å². The first-order valence-electron chi connectivity index (χ1n) is 5.06. The number of nitrogens with zero attached hydrogens (tertiary/aromatic N) is 2. The van der Waals surface area contributed by atoms with Crippen molar-refractivity contribution in [3.63, 3.8) is 0 Å². The van der Waals surface area contributed by atoms with Crippen molar-refractivity contribution in [3.05, 3.63) is 57.6 Å². The van der Waals surface area contributed by atoms with Crippen molar-refractivity contribution in [2.24, 2.45) is 0 Å². The third-order valence-corrected chi connectivity index (χ3v) is 2.68. The Kier molecular flexibility index (Phi) is 3.78. The van der Waals surface area contributed by atoms with Gasteiger partial charge in [0, 0.05) is 0 Å². The SMILES string of the molecule is O=C(c1cccc(Cl)n1)c1ccc(Cl)nc1C(=O)O. The lowest BCUT2D eigenvalue weighted by Gasteiger charge is -2.04. The number of carbonyl (C=O) groups is 2. The largest absolute Gasteiger partial charge is 0.476 e. The number of carbonyl (C=O) groups excluding carboxylic acids is 1. The van der Waals surface area contributed by atoms with Crippen molar-refractivity contribution in [2.75, 3.05) is 0 Å². The van der Waals surface area contributed by atoms with Gasteiger partial charge >= 0.3 is 5.97 Å². The zero-order valence-corrected chi connectivity index (χ0v) is 10.8. The van der Waals surface area contributed by atoms with Gasteiger partial charge in [0.15, 0.2) is 5.69 Å². The van der Waals surface area contributed by atoms with E-state index < -0.39 is 17.4 Å². The fourth-order valence-corrected chi connectivity index (χ4v) is 1.77. The van der Waals surface area contributed by atoms with E-state index in [2.05, 4.69) is 9.97 Å². The highest BCUT2D eigenvalue weighted by Crippen LogP contribution is 2.16. The molecule has 19 heavy (non-hydrogen) atoms. The first-order chi connectivity index (χ1) is 8.99. The van der Waals surface area contributed by atoms with E-state index in [0.29, 0.717) is 0 Å². The van der Waals surface area contributed by atoms with E-state index in [1.165, 1.54) is 24.3 Å². The Morgan fingerprint density at radius 2 is 1.68 bits per heavy atom. The Balaban J connectivity index is 2.53. The number of pyridine rings is 2. The molecule has 0 atom stereocenters. The number of hydrogen-bond donors (Lipinski definition) is 1. The van der Waals surface area contributed by atoms with Gasteiger partial charge in [0.2, 0.25) is 5.78 Å². The molecule has 0 saturated carbocycles. The summed E-state index contributed by atoms with van der Waals surface area (Å²) in [6.07, 6.45) is 0. The average Bonchev–Trinajstić information content (AvgIpc) is 2.37. The molecular formula is C12H6Cl2N2O3. The Morgan fingerprint density at radius 1 is 1.00 bits per heavy atom. The van der Waals surface area contributed by atoms with Crippen molar-refractivity contribution < 1.29 is 14.7 Å². The molecule has 1 N–H and O–H groups in total. The van der Waals surface area contributed by atoms with Crippen molar-refractivity contribution in [1.29, 1.82) is 0 Å². The van der Waals surface area contributed by atoms with E-state index in [9.17, 15) is 9.59 Å². The molecule has 0 aliphatic heterocycles. The van der Waals surface area contributed by atoms with E-state index >= 15 is 0 Å². The maximum Gasteiger partial charge on any atom is 0.355 e. The van der Waals surface area contributed by atoms with Crippen LogP contribution in [0.1, 0.15) is 26.5 Å². The molecule has 2 rings (SSSR count). The van der Waals surface area contributed by atoms with Crippen molar-refractivity contribution in [2.45, 2.75) is 0 Å². The maximum atomic E-state index is 12.2. The molecule has 96 valence electrons. The minimum absolute atomic E-state index is 0.00648. The van der Waals surface area contributed by atoms with Gasteiger partial charge in [-0.05, 0) is 24.3 Å².